The quantitative estimate of drug-likeness (QED) is 0.842. The zero-order valence-electron chi connectivity index (χ0n) is 12.1. The van der Waals surface area contributed by atoms with Crippen molar-refractivity contribution in [3.8, 4) is 0 Å². The Kier molecular flexibility index (Phi) is 4.03. The molecule has 0 aromatic heterocycles. The summed E-state index contributed by atoms with van der Waals surface area (Å²) < 4.78 is 46.4. The van der Waals surface area contributed by atoms with E-state index in [-0.39, 0.29) is 22.9 Å². The molecule has 0 N–H and O–H groups in total. The van der Waals surface area contributed by atoms with E-state index in [4.69, 9.17) is 4.74 Å². The molecule has 1 aromatic rings. The normalized spacial score (nSPS) is 27.3. The zero-order valence-corrected chi connectivity index (χ0v) is 12.9. The first kappa shape index (κ1) is 14.9. The number of halogens is 1. The molecular weight excluding hydrogens is 293 g/mol. The largest absolute Gasteiger partial charge is 0.375 e. The first-order valence-corrected chi connectivity index (χ1v) is 8.84. The van der Waals surface area contributed by atoms with E-state index in [1.807, 2.05) is 0 Å². The maximum absolute atomic E-state index is 13.4. The number of benzene rings is 1. The number of morpholine rings is 1. The summed E-state index contributed by atoms with van der Waals surface area (Å²) in [6.07, 6.45) is 3.87. The Balaban J connectivity index is 1.94. The second-order valence-electron chi connectivity index (χ2n) is 5.79. The lowest BCUT2D eigenvalue weighted by atomic mass is 9.91. The van der Waals surface area contributed by atoms with Crippen LogP contribution in [0.3, 0.4) is 0 Å². The third-order valence-corrected chi connectivity index (χ3v) is 6.34. The monoisotopic (exact) mass is 313 g/mol. The number of hydrogen-bond donors (Lipinski definition) is 0. The Bertz CT molecular complexity index is 630. The highest BCUT2D eigenvalue weighted by Crippen LogP contribution is 2.32. The number of aryl methyl sites for hydroxylation is 1. The fraction of sp³-hybridized carbons (Fsp3) is 0.600. The highest BCUT2D eigenvalue weighted by molar-refractivity contribution is 7.89. The fourth-order valence-electron chi connectivity index (χ4n) is 3.27. The lowest BCUT2D eigenvalue weighted by Crippen LogP contribution is -2.54. The fourth-order valence-corrected chi connectivity index (χ4v) is 5.02. The minimum absolute atomic E-state index is 0.00354. The van der Waals surface area contributed by atoms with Crippen molar-refractivity contribution in [1.82, 2.24) is 4.31 Å². The van der Waals surface area contributed by atoms with Gasteiger partial charge in [0, 0.05) is 6.54 Å². The molecule has 0 radical (unpaired) electrons. The van der Waals surface area contributed by atoms with Crippen LogP contribution in [0.5, 0.6) is 0 Å². The lowest BCUT2D eigenvalue weighted by molar-refractivity contribution is -0.0586. The number of ether oxygens (including phenoxy) is 1. The molecule has 1 aromatic carbocycles. The molecule has 21 heavy (non-hydrogen) atoms. The molecule has 1 saturated carbocycles. The van der Waals surface area contributed by atoms with Crippen LogP contribution in [-0.4, -0.2) is 38.0 Å². The summed E-state index contributed by atoms with van der Waals surface area (Å²) in [6, 6.07) is 3.91. The van der Waals surface area contributed by atoms with Gasteiger partial charge in [-0.2, -0.15) is 4.31 Å². The second-order valence-corrected chi connectivity index (χ2v) is 7.68. The average Bonchev–Trinajstić information content (AvgIpc) is 2.49. The highest BCUT2D eigenvalue weighted by atomic mass is 32.2. The predicted octanol–water partition coefficient (Wildman–Crippen LogP) is 2.47. The molecule has 0 spiro atoms. The number of hydrogen-bond acceptors (Lipinski definition) is 3. The summed E-state index contributed by atoms with van der Waals surface area (Å²) in [6.45, 7) is 2.39. The highest BCUT2D eigenvalue weighted by Gasteiger charge is 2.40. The molecule has 1 aliphatic heterocycles. The van der Waals surface area contributed by atoms with Crippen molar-refractivity contribution < 1.29 is 17.5 Å². The molecule has 1 aliphatic carbocycles. The van der Waals surface area contributed by atoms with Gasteiger partial charge in [-0.3, -0.25) is 0 Å². The van der Waals surface area contributed by atoms with Crippen molar-refractivity contribution in [1.29, 1.82) is 0 Å². The maximum Gasteiger partial charge on any atom is 0.243 e. The topological polar surface area (TPSA) is 46.6 Å². The van der Waals surface area contributed by atoms with Gasteiger partial charge < -0.3 is 4.74 Å². The van der Waals surface area contributed by atoms with E-state index in [0.29, 0.717) is 18.7 Å². The lowest BCUT2D eigenvalue weighted by Gasteiger charge is -2.42. The van der Waals surface area contributed by atoms with E-state index >= 15 is 0 Å². The van der Waals surface area contributed by atoms with Gasteiger partial charge in [-0.05, 0) is 43.5 Å². The van der Waals surface area contributed by atoms with Gasteiger partial charge >= 0.3 is 0 Å². The van der Waals surface area contributed by atoms with Crippen LogP contribution in [0.2, 0.25) is 0 Å². The number of nitrogens with zero attached hydrogens (tertiary/aromatic N) is 1. The Morgan fingerprint density at radius 1 is 1.29 bits per heavy atom. The van der Waals surface area contributed by atoms with Gasteiger partial charge in [-0.1, -0.05) is 12.8 Å². The van der Waals surface area contributed by atoms with E-state index < -0.39 is 10.0 Å². The summed E-state index contributed by atoms with van der Waals surface area (Å²) in [5.41, 5.74) is 0.351. The van der Waals surface area contributed by atoms with Gasteiger partial charge in [0.1, 0.15) is 5.82 Å². The Labute approximate surface area is 125 Å². The first-order chi connectivity index (χ1) is 10.00. The molecule has 1 saturated heterocycles. The standard InChI is InChI=1S/C15H20FNO3S/c1-11-10-12(6-7-13(11)16)21(18,19)17-8-9-20-15-5-3-2-4-14(15)17/h6-7,10,14-15H,2-5,8-9H2,1H3/t14-,15+/m1/s1. The first-order valence-electron chi connectivity index (χ1n) is 7.40. The number of sulfonamides is 1. The van der Waals surface area contributed by atoms with Crippen molar-refractivity contribution in [2.24, 2.45) is 0 Å². The molecular formula is C15H20FNO3S. The van der Waals surface area contributed by atoms with E-state index in [1.54, 1.807) is 11.2 Å². The number of rotatable bonds is 2. The molecule has 3 rings (SSSR count). The van der Waals surface area contributed by atoms with Crippen molar-refractivity contribution in [2.75, 3.05) is 13.2 Å². The van der Waals surface area contributed by atoms with Crippen LogP contribution in [0.4, 0.5) is 4.39 Å². The molecule has 2 atom stereocenters. The summed E-state index contributed by atoms with van der Waals surface area (Å²) >= 11 is 0. The van der Waals surface area contributed by atoms with Gasteiger partial charge in [0.05, 0.1) is 23.6 Å². The van der Waals surface area contributed by atoms with Crippen LogP contribution in [0, 0.1) is 12.7 Å². The summed E-state index contributed by atoms with van der Waals surface area (Å²) in [7, 11) is -3.59. The molecule has 116 valence electrons. The summed E-state index contributed by atoms with van der Waals surface area (Å²) in [4.78, 5) is 0.174. The van der Waals surface area contributed by atoms with Gasteiger partial charge in [0.2, 0.25) is 10.0 Å². The second kappa shape index (κ2) is 5.66. The van der Waals surface area contributed by atoms with Gasteiger partial charge in [0.25, 0.3) is 0 Å². The van der Waals surface area contributed by atoms with Crippen molar-refractivity contribution >= 4 is 10.0 Å². The molecule has 0 amide bonds. The van der Waals surface area contributed by atoms with Crippen molar-refractivity contribution in [3.63, 3.8) is 0 Å². The molecule has 0 unspecified atom stereocenters. The summed E-state index contributed by atoms with van der Waals surface area (Å²) in [5, 5.41) is 0. The number of fused-ring (bicyclic) bond motifs is 1. The minimum atomic E-state index is -3.59. The van der Waals surface area contributed by atoms with Gasteiger partial charge in [-0.15, -0.1) is 0 Å². The Hall–Kier alpha value is -0.980. The molecule has 6 heteroatoms. The maximum atomic E-state index is 13.4. The van der Waals surface area contributed by atoms with Crippen LogP contribution in [0.15, 0.2) is 23.1 Å². The Morgan fingerprint density at radius 3 is 2.81 bits per heavy atom. The molecule has 2 aliphatic rings. The van der Waals surface area contributed by atoms with E-state index in [2.05, 4.69) is 0 Å². The van der Waals surface area contributed by atoms with Crippen LogP contribution in [0.25, 0.3) is 0 Å². The molecule has 1 heterocycles. The minimum Gasteiger partial charge on any atom is -0.375 e. The van der Waals surface area contributed by atoms with E-state index in [0.717, 1.165) is 25.7 Å². The van der Waals surface area contributed by atoms with Gasteiger partial charge in [-0.25, -0.2) is 12.8 Å². The molecule has 0 bridgehead atoms. The SMILES string of the molecule is Cc1cc(S(=O)(=O)N2CCO[C@H]3CCCC[C@H]32)ccc1F. The Morgan fingerprint density at radius 2 is 2.05 bits per heavy atom. The van der Waals surface area contributed by atoms with Crippen molar-refractivity contribution in [3.05, 3.63) is 29.6 Å². The van der Waals surface area contributed by atoms with Crippen molar-refractivity contribution in [2.45, 2.75) is 49.6 Å². The third kappa shape index (κ3) is 2.72. The third-order valence-electron chi connectivity index (χ3n) is 4.42. The smallest absolute Gasteiger partial charge is 0.243 e. The van der Waals surface area contributed by atoms with Crippen LogP contribution in [-0.2, 0) is 14.8 Å². The molecule has 2 fully saturated rings. The van der Waals surface area contributed by atoms with Crippen LogP contribution in [0.1, 0.15) is 31.2 Å². The zero-order chi connectivity index (χ0) is 15.0. The van der Waals surface area contributed by atoms with E-state index in [1.165, 1.54) is 18.2 Å². The molecule has 4 nitrogen and oxygen atoms in total. The van der Waals surface area contributed by atoms with Gasteiger partial charge in [0.15, 0.2) is 0 Å². The predicted molar refractivity (Wildman–Crippen MR) is 77.0 cm³/mol. The van der Waals surface area contributed by atoms with Crippen LogP contribution < -0.4 is 0 Å². The summed E-state index contributed by atoms with van der Waals surface area (Å²) in [5.74, 6) is -0.383. The van der Waals surface area contributed by atoms with Crippen LogP contribution >= 0.6 is 0 Å². The average molecular weight is 313 g/mol. The van der Waals surface area contributed by atoms with E-state index in [9.17, 15) is 12.8 Å².